The summed E-state index contributed by atoms with van der Waals surface area (Å²) in [5, 5.41) is 3.36. The molecule has 6 heteroatoms. The Kier molecular flexibility index (Phi) is 4.04. The number of rotatable bonds is 2. The van der Waals surface area contributed by atoms with Crippen LogP contribution in [0.15, 0.2) is 0 Å². The number of fused-ring (bicyclic) bond motifs is 3. The maximum Gasteiger partial charge on any atom is 0.343 e. The lowest BCUT2D eigenvalue weighted by Crippen LogP contribution is -2.53. The molecule has 3 rings (SSSR count). The molecule has 3 heterocycles. The Morgan fingerprint density at radius 1 is 1.23 bits per heavy atom. The quantitative estimate of drug-likeness (QED) is 0.838. The number of carbonyl (C=O) groups excluding carboxylic acids is 1. The summed E-state index contributed by atoms with van der Waals surface area (Å²) in [5.74, 6) is 1.65. The van der Waals surface area contributed by atoms with Crippen molar-refractivity contribution >= 4 is 11.8 Å². The van der Waals surface area contributed by atoms with Gasteiger partial charge >= 0.3 is 5.97 Å². The van der Waals surface area contributed by atoms with Crippen molar-refractivity contribution in [2.45, 2.75) is 45.6 Å². The van der Waals surface area contributed by atoms with Gasteiger partial charge in [0, 0.05) is 25.6 Å². The number of aromatic nitrogens is 2. The van der Waals surface area contributed by atoms with Gasteiger partial charge in [-0.3, -0.25) is 0 Å². The van der Waals surface area contributed by atoms with Gasteiger partial charge in [0.15, 0.2) is 0 Å². The Morgan fingerprint density at radius 3 is 2.68 bits per heavy atom. The second kappa shape index (κ2) is 5.83. The number of nitrogens with one attached hydrogen (secondary N) is 1. The highest BCUT2D eigenvalue weighted by molar-refractivity contribution is 5.97. The predicted octanol–water partition coefficient (Wildman–Crippen LogP) is 1.67. The van der Waals surface area contributed by atoms with E-state index in [0.717, 1.165) is 37.0 Å². The topological polar surface area (TPSA) is 67.3 Å². The van der Waals surface area contributed by atoms with E-state index in [2.05, 4.69) is 42.9 Å². The smallest absolute Gasteiger partial charge is 0.343 e. The number of piperazine rings is 1. The van der Waals surface area contributed by atoms with Crippen molar-refractivity contribution in [2.24, 2.45) is 0 Å². The lowest BCUT2D eigenvalue weighted by atomic mass is 10.0. The maximum absolute atomic E-state index is 12.5. The Hall–Kier alpha value is -1.69. The van der Waals surface area contributed by atoms with E-state index < -0.39 is 0 Å². The van der Waals surface area contributed by atoms with Gasteiger partial charge < -0.3 is 15.0 Å². The lowest BCUT2D eigenvalue weighted by Gasteiger charge is -2.35. The third-order valence-electron chi connectivity index (χ3n) is 4.23. The molecule has 0 bridgehead atoms. The molecular weight excluding hydrogens is 280 g/mol. The molecule has 2 aliphatic rings. The Bertz CT molecular complexity index is 586. The first-order valence-electron chi connectivity index (χ1n) is 8.05. The van der Waals surface area contributed by atoms with Crippen LogP contribution in [0.25, 0.3) is 0 Å². The van der Waals surface area contributed by atoms with E-state index >= 15 is 0 Å². The van der Waals surface area contributed by atoms with Gasteiger partial charge in [-0.25, -0.2) is 14.8 Å². The van der Waals surface area contributed by atoms with Crippen molar-refractivity contribution in [1.29, 1.82) is 0 Å². The second-order valence-electron chi connectivity index (χ2n) is 6.62. The summed E-state index contributed by atoms with van der Waals surface area (Å²) >= 11 is 0. The second-order valence-corrected chi connectivity index (χ2v) is 6.62. The summed E-state index contributed by atoms with van der Waals surface area (Å²) in [5.41, 5.74) is 1.36. The van der Waals surface area contributed by atoms with Crippen LogP contribution in [-0.4, -0.2) is 48.2 Å². The summed E-state index contributed by atoms with van der Waals surface area (Å²) in [6.07, 6.45) is 0. The van der Waals surface area contributed by atoms with Crippen LogP contribution >= 0.6 is 0 Å². The van der Waals surface area contributed by atoms with Gasteiger partial charge in [-0.2, -0.15) is 0 Å². The van der Waals surface area contributed by atoms with Crippen molar-refractivity contribution in [3.05, 3.63) is 17.1 Å². The molecule has 1 aromatic heterocycles. The van der Waals surface area contributed by atoms with Crippen LogP contribution < -0.4 is 10.2 Å². The lowest BCUT2D eigenvalue weighted by molar-refractivity contribution is 0.0488. The van der Waals surface area contributed by atoms with E-state index in [1.165, 1.54) is 0 Å². The summed E-state index contributed by atoms with van der Waals surface area (Å²) in [4.78, 5) is 24.1. The molecule has 1 saturated heterocycles. The number of esters is 1. The van der Waals surface area contributed by atoms with Crippen LogP contribution in [0, 0.1) is 0 Å². The van der Waals surface area contributed by atoms with E-state index in [0.29, 0.717) is 12.2 Å². The van der Waals surface area contributed by atoms with Crippen LogP contribution in [0.3, 0.4) is 0 Å². The van der Waals surface area contributed by atoms with Crippen molar-refractivity contribution in [3.8, 4) is 0 Å². The molecule has 6 nitrogen and oxygen atoms in total. The van der Waals surface area contributed by atoms with Gasteiger partial charge in [-0.15, -0.1) is 0 Å². The molecule has 2 aliphatic heterocycles. The van der Waals surface area contributed by atoms with Gasteiger partial charge in [-0.1, -0.05) is 27.7 Å². The molecule has 0 spiro atoms. The van der Waals surface area contributed by atoms with Gasteiger partial charge in [0.1, 0.15) is 23.8 Å². The van der Waals surface area contributed by atoms with Gasteiger partial charge in [-0.05, 0) is 5.92 Å². The molecular formula is C16H24N4O2. The normalized spacial score (nSPS) is 21.5. The molecule has 0 aliphatic carbocycles. The van der Waals surface area contributed by atoms with Crippen molar-refractivity contribution in [2.75, 3.05) is 31.1 Å². The zero-order valence-electron chi connectivity index (χ0n) is 13.7. The van der Waals surface area contributed by atoms with E-state index in [1.807, 2.05) is 0 Å². The van der Waals surface area contributed by atoms with Gasteiger partial charge in [0.25, 0.3) is 0 Å². The number of carbonyl (C=O) groups is 1. The van der Waals surface area contributed by atoms with Gasteiger partial charge in [0.2, 0.25) is 0 Å². The SMILES string of the molecule is CC(C)c1nc(C(C)C)c2c(n1)N1CCNCC1COC2=O. The molecule has 0 amide bonds. The standard InChI is InChI=1S/C16H24N4O2/c1-9(2)13-12-15(19-14(18-13)10(3)4)20-6-5-17-7-11(20)8-22-16(12)21/h9-11,17H,5-8H2,1-4H3. The van der Waals surface area contributed by atoms with E-state index in [-0.39, 0.29) is 23.8 Å². The van der Waals surface area contributed by atoms with Gasteiger partial charge in [0.05, 0.1) is 11.7 Å². The monoisotopic (exact) mass is 304 g/mol. The average molecular weight is 304 g/mol. The van der Waals surface area contributed by atoms with Crippen molar-refractivity contribution in [1.82, 2.24) is 15.3 Å². The Morgan fingerprint density at radius 2 is 2.00 bits per heavy atom. The number of anilines is 1. The summed E-state index contributed by atoms with van der Waals surface area (Å²) < 4.78 is 5.49. The molecule has 1 N–H and O–H groups in total. The first kappa shape index (κ1) is 15.2. The predicted molar refractivity (Wildman–Crippen MR) is 84.5 cm³/mol. The molecule has 1 aromatic rings. The third kappa shape index (κ3) is 2.56. The largest absolute Gasteiger partial charge is 0.460 e. The molecule has 22 heavy (non-hydrogen) atoms. The van der Waals surface area contributed by atoms with Crippen LogP contribution in [0.5, 0.6) is 0 Å². The minimum Gasteiger partial charge on any atom is -0.460 e. The number of ether oxygens (including phenoxy) is 1. The summed E-state index contributed by atoms with van der Waals surface area (Å²) in [6.45, 7) is 11.2. The van der Waals surface area contributed by atoms with E-state index in [9.17, 15) is 4.79 Å². The Labute approximate surface area is 131 Å². The maximum atomic E-state index is 12.5. The minimum absolute atomic E-state index is 0.147. The van der Waals surface area contributed by atoms with Crippen molar-refractivity contribution < 1.29 is 9.53 Å². The number of hydrogen-bond acceptors (Lipinski definition) is 6. The number of nitrogens with zero attached hydrogens (tertiary/aromatic N) is 3. The highest BCUT2D eigenvalue weighted by atomic mass is 16.5. The highest BCUT2D eigenvalue weighted by Crippen LogP contribution is 2.32. The van der Waals surface area contributed by atoms with Crippen molar-refractivity contribution in [3.63, 3.8) is 0 Å². The first-order chi connectivity index (χ1) is 10.5. The number of cyclic esters (lactones) is 1. The number of hydrogen-bond donors (Lipinski definition) is 1. The van der Waals surface area contributed by atoms with Crippen LogP contribution in [0.4, 0.5) is 5.82 Å². The molecule has 120 valence electrons. The summed E-state index contributed by atoms with van der Waals surface area (Å²) in [7, 11) is 0. The fourth-order valence-electron chi connectivity index (χ4n) is 3.00. The average Bonchev–Trinajstić information content (AvgIpc) is 2.64. The first-order valence-corrected chi connectivity index (χ1v) is 8.05. The van der Waals surface area contributed by atoms with Crippen LogP contribution in [0.1, 0.15) is 61.4 Å². The Balaban J connectivity index is 2.20. The fraction of sp³-hybridized carbons (Fsp3) is 0.688. The van der Waals surface area contributed by atoms with E-state index in [4.69, 9.17) is 9.72 Å². The molecule has 0 aromatic carbocycles. The molecule has 1 fully saturated rings. The molecule has 0 radical (unpaired) electrons. The third-order valence-corrected chi connectivity index (χ3v) is 4.23. The zero-order valence-corrected chi connectivity index (χ0v) is 13.7. The molecule has 1 atom stereocenters. The minimum atomic E-state index is -0.289. The zero-order chi connectivity index (χ0) is 15.9. The molecule has 0 saturated carbocycles. The van der Waals surface area contributed by atoms with Crippen LogP contribution in [0.2, 0.25) is 0 Å². The molecule has 1 unspecified atom stereocenters. The summed E-state index contributed by atoms with van der Waals surface area (Å²) in [6, 6.07) is 0.147. The highest BCUT2D eigenvalue weighted by Gasteiger charge is 2.35. The van der Waals surface area contributed by atoms with E-state index in [1.54, 1.807) is 0 Å². The van der Waals surface area contributed by atoms with Crippen LogP contribution in [-0.2, 0) is 4.74 Å². The fourth-order valence-corrected chi connectivity index (χ4v) is 3.00.